The summed E-state index contributed by atoms with van der Waals surface area (Å²) in [5.74, 6) is 3.64. The van der Waals surface area contributed by atoms with Gasteiger partial charge in [-0.15, -0.1) is 0 Å². The predicted molar refractivity (Wildman–Crippen MR) is 63.1 cm³/mol. The minimum absolute atomic E-state index is 0.136. The third-order valence-corrected chi connectivity index (χ3v) is 4.84. The van der Waals surface area contributed by atoms with Gasteiger partial charge in [0.15, 0.2) is 0 Å². The van der Waals surface area contributed by atoms with E-state index in [1.807, 2.05) is 23.5 Å². The zero-order valence-electron chi connectivity index (χ0n) is 8.45. The lowest BCUT2D eigenvalue weighted by molar-refractivity contribution is -0.140. The van der Waals surface area contributed by atoms with Crippen LogP contribution in [0.4, 0.5) is 0 Å². The van der Waals surface area contributed by atoms with Gasteiger partial charge in [-0.3, -0.25) is 4.79 Å². The standard InChI is InChI=1S/C9H17NO2S2/c1-12-9(11)2-3-10-6-8-7-13-4-5-14-8/h8,10H,2-7H2,1H3. The number of carbonyl (C=O) groups is 1. The molecule has 1 unspecified atom stereocenters. The van der Waals surface area contributed by atoms with Crippen molar-refractivity contribution in [1.29, 1.82) is 0 Å². The molecule has 1 heterocycles. The second-order valence-corrected chi connectivity index (χ2v) is 5.66. The number of hydrogen-bond donors (Lipinski definition) is 1. The first-order chi connectivity index (χ1) is 6.83. The molecule has 0 aliphatic carbocycles. The monoisotopic (exact) mass is 235 g/mol. The van der Waals surface area contributed by atoms with Crippen molar-refractivity contribution in [3.05, 3.63) is 0 Å². The van der Waals surface area contributed by atoms with Gasteiger partial charge in [-0.2, -0.15) is 23.5 Å². The first kappa shape index (κ1) is 12.2. The fraction of sp³-hybridized carbons (Fsp3) is 0.889. The zero-order valence-corrected chi connectivity index (χ0v) is 10.1. The van der Waals surface area contributed by atoms with E-state index in [0.29, 0.717) is 11.7 Å². The van der Waals surface area contributed by atoms with Crippen LogP contribution in [-0.4, -0.2) is 48.7 Å². The lowest BCUT2D eigenvalue weighted by Gasteiger charge is -2.20. The molecule has 1 fully saturated rings. The summed E-state index contributed by atoms with van der Waals surface area (Å²) in [6.45, 7) is 1.74. The smallest absolute Gasteiger partial charge is 0.306 e. The highest BCUT2D eigenvalue weighted by molar-refractivity contribution is 8.06. The molecule has 1 atom stereocenters. The van der Waals surface area contributed by atoms with Gasteiger partial charge in [0.1, 0.15) is 0 Å². The van der Waals surface area contributed by atoms with Crippen molar-refractivity contribution in [1.82, 2.24) is 5.32 Å². The zero-order chi connectivity index (χ0) is 10.2. The Morgan fingerprint density at radius 3 is 3.07 bits per heavy atom. The molecule has 0 aromatic heterocycles. The first-order valence-electron chi connectivity index (χ1n) is 4.80. The van der Waals surface area contributed by atoms with E-state index >= 15 is 0 Å². The van der Waals surface area contributed by atoms with Gasteiger partial charge in [-0.05, 0) is 0 Å². The number of carbonyl (C=O) groups excluding carboxylic acids is 1. The number of esters is 1. The molecular weight excluding hydrogens is 218 g/mol. The molecule has 0 aromatic rings. The number of thioether (sulfide) groups is 2. The Labute approximate surface area is 93.7 Å². The maximum Gasteiger partial charge on any atom is 0.306 e. The summed E-state index contributed by atoms with van der Waals surface area (Å²) in [5, 5.41) is 4.00. The maximum absolute atomic E-state index is 10.8. The summed E-state index contributed by atoms with van der Waals surface area (Å²) in [6, 6.07) is 0. The summed E-state index contributed by atoms with van der Waals surface area (Å²) in [5.41, 5.74) is 0. The minimum Gasteiger partial charge on any atom is -0.469 e. The van der Waals surface area contributed by atoms with Crippen LogP contribution in [0, 0.1) is 0 Å². The van der Waals surface area contributed by atoms with Crippen LogP contribution >= 0.6 is 23.5 Å². The Bertz CT molecular complexity index is 172. The van der Waals surface area contributed by atoms with Crippen LogP contribution in [0.25, 0.3) is 0 Å². The highest BCUT2D eigenvalue weighted by atomic mass is 32.2. The molecule has 5 heteroatoms. The van der Waals surface area contributed by atoms with E-state index in [2.05, 4.69) is 10.1 Å². The third-order valence-electron chi connectivity index (χ3n) is 1.99. The molecule has 1 N–H and O–H groups in total. The van der Waals surface area contributed by atoms with Crippen molar-refractivity contribution in [3.63, 3.8) is 0 Å². The predicted octanol–water partition coefficient (Wildman–Crippen LogP) is 0.988. The molecule has 82 valence electrons. The number of ether oxygens (including phenoxy) is 1. The molecule has 0 aromatic carbocycles. The largest absolute Gasteiger partial charge is 0.469 e. The molecule has 1 saturated heterocycles. The molecule has 14 heavy (non-hydrogen) atoms. The van der Waals surface area contributed by atoms with Crippen LogP contribution in [-0.2, 0) is 9.53 Å². The van der Waals surface area contributed by atoms with Gasteiger partial charge in [-0.25, -0.2) is 0 Å². The van der Waals surface area contributed by atoms with Crippen molar-refractivity contribution in [2.45, 2.75) is 11.7 Å². The van der Waals surface area contributed by atoms with E-state index in [1.54, 1.807) is 0 Å². The lowest BCUT2D eigenvalue weighted by Crippen LogP contribution is -2.30. The first-order valence-corrected chi connectivity index (χ1v) is 7.00. The maximum atomic E-state index is 10.8. The highest BCUT2D eigenvalue weighted by Gasteiger charge is 2.13. The number of rotatable bonds is 5. The average molecular weight is 235 g/mol. The van der Waals surface area contributed by atoms with Gasteiger partial charge in [0.25, 0.3) is 0 Å². The van der Waals surface area contributed by atoms with Gasteiger partial charge in [-0.1, -0.05) is 0 Å². The fourth-order valence-electron chi connectivity index (χ4n) is 1.21. The van der Waals surface area contributed by atoms with Crippen molar-refractivity contribution in [3.8, 4) is 0 Å². The molecule has 1 aliphatic rings. The van der Waals surface area contributed by atoms with Crippen LogP contribution in [0.3, 0.4) is 0 Å². The van der Waals surface area contributed by atoms with Crippen LogP contribution in [0.2, 0.25) is 0 Å². The average Bonchev–Trinajstić information content (AvgIpc) is 2.25. The molecule has 0 amide bonds. The lowest BCUT2D eigenvalue weighted by atomic mass is 10.4. The third kappa shape index (κ3) is 5.12. The number of nitrogens with one attached hydrogen (secondary N) is 1. The van der Waals surface area contributed by atoms with Gasteiger partial charge in [0.2, 0.25) is 0 Å². The summed E-state index contributed by atoms with van der Waals surface area (Å²) in [6.07, 6.45) is 0.473. The minimum atomic E-state index is -0.136. The van der Waals surface area contributed by atoms with Crippen molar-refractivity contribution in [2.24, 2.45) is 0 Å². The summed E-state index contributed by atoms with van der Waals surface area (Å²) in [4.78, 5) is 10.8. The van der Waals surface area contributed by atoms with Crippen LogP contribution in [0.1, 0.15) is 6.42 Å². The van der Waals surface area contributed by atoms with Crippen molar-refractivity contribution < 1.29 is 9.53 Å². The molecule has 0 bridgehead atoms. The van der Waals surface area contributed by atoms with Gasteiger partial charge >= 0.3 is 5.97 Å². The Kier molecular flexibility index (Phi) is 6.47. The van der Waals surface area contributed by atoms with Crippen LogP contribution < -0.4 is 5.32 Å². The highest BCUT2D eigenvalue weighted by Crippen LogP contribution is 2.23. The number of methoxy groups -OCH3 is 1. The molecular formula is C9H17NO2S2. The van der Waals surface area contributed by atoms with E-state index in [9.17, 15) is 4.79 Å². The van der Waals surface area contributed by atoms with E-state index in [1.165, 1.54) is 24.4 Å². The second-order valence-electron chi connectivity index (χ2n) is 3.10. The summed E-state index contributed by atoms with van der Waals surface area (Å²) < 4.78 is 4.55. The van der Waals surface area contributed by atoms with Crippen molar-refractivity contribution >= 4 is 29.5 Å². The summed E-state index contributed by atoms with van der Waals surface area (Å²) in [7, 11) is 1.43. The molecule has 0 spiro atoms. The van der Waals surface area contributed by atoms with Crippen LogP contribution in [0.15, 0.2) is 0 Å². The Morgan fingerprint density at radius 1 is 1.57 bits per heavy atom. The van der Waals surface area contributed by atoms with E-state index in [-0.39, 0.29) is 5.97 Å². The summed E-state index contributed by atoms with van der Waals surface area (Å²) >= 11 is 4.05. The SMILES string of the molecule is COC(=O)CCNCC1CSCCS1. The number of hydrogen-bond acceptors (Lipinski definition) is 5. The molecule has 1 rings (SSSR count). The second kappa shape index (κ2) is 7.43. The normalized spacial score (nSPS) is 21.9. The van der Waals surface area contributed by atoms with E-state index in [0.717, 1.165) is 13.1 Å². The molecule has 0 saturated carbocycles. The van der Waals surface area contributed by atoms with E-state index in [4.69, 9.17) is 0 Å². The Balaban J connectivity index is 1.94. The van der Waals surface area contributed by atoms with Gasteiger partial charge in [0.05, 0.1) is 13.5 Å². The van der Waals surface area contributed by atoms with Gasteiger partial charge < -0.3 is 10.1 Å². The fourth-order valence-corrected chi connectivity index (χ4v) is 3.86. The molecule has 3 nitrogen and oxygen atoms in total. The molecule has 1 aliphatic heterocycles. The Hall–Kier alpha value is 0.130. The topological polar surface area (TPSA) is 38.3 Å². The Morgan fingerprint density at radius 2 is 2.43 bits per heavy atom. The van der Waals surface area contributed by atoms with Crippen molar-refractivity contribution in [2.75, 3.05) is 37.5 Å². The van der Waals surface area contributed by atoms with Gasteiger partial charge in [0, 0.05) is 35.6 Å². The van der Waals surface area contributed by atoms with E-state index < -0.39 is 0 Å². The van der Waals surface area contributed by atoms with Crippen LogP contribution in [0.5, 0.6) is 0 Å². The molecule has 0 radical (unpaired) electrons. The quantitative estimate of drug-likeness (QED) is 0.568.